The van der Waals surface area contributed by atoms with Crippen LogP contribution in [0.2, 0.25) is 0 Å². The van der Waals surface area contributed by atoms with E-state index in [4.69, 9.17) is 10.8 Å². The fourth-order valence-electron chi connectivity index (χ4n) is 2.53. The first kappa shape index (κ1) is 12.6. The molecule has 0 bridgehead atoms. The van der Waals surface area contributed by atoms with Crippen LogP contribution < -0.4 is 5.73 Å². The molecule has 3 aromatic rings. The van der Waals surface area contributed by atoms with Crippen molar-refractivity contribution in [2.24, 2.45) is 5.73 Å². The summed E-state index contributed by atoms with van der Waals surface area (Å²) in [6.45, 7) is 0. The molecule has 100 valence electrons. The fourth-order valence-corrected chi connectivity index (χ4v) is 2.53. The summed E-state index contributed by atoms with van der Waals surface area (Å²) in [5.74, 6) is -0.969. The Morgan fingerprint density at radius 2 is 1.70 bits per heavy atom. The van der Waals surface area contributed by atoms with Crippen molar-refractivity contribution in [2.45, 2.75) is 12.5 Å². The molecule has 20 heavy (non-hydrogen) atoms. The Bertz CT molecular complexity index is 795. The summed E-state index contributed by atoms with van der Waals surface area (Å²) in [5.41, 5.74) is 6.53. The van der Waals surface area contributed by atoms with Gasteiger partial charge in [0.2, 0.25) is 0 Å². The van der Waals surface area contributed by atoms with Gasteiger partial charge in [0.15, 0.2) is 0 Å². The van der Waals surface area contributed by atoms with E-state index >= 15 is 0 Å². The number of hydrogen-bond acceptors (Lipinski definition) is 2. The number of carboxylic acids is 1. The SMILES string of the molecule is NC(Cc1ccc2c(ccc3ccccc32)c1)C(=O)O. The third-order valence-electron chi connectivity index (χ3n) is 3.58. The van der Waals surface area contributed by atoms with Crippen LogP contribution in [-0.4, -0.2) is 17.1 Å². The zero-order valence-electron chi connectivity index (χ0n) is 10.9. The first-order chi connectivity index (χ1) is 9.65. The minimum atomic E-state index is -0.969. The molecule has 0 saturated carbocycles. The number of hydrogen-bond donors (Lipinski definition) is 2. The lowest BCUT2D eigenvalue weighted by molar-refractivity contribution is -0.138. The molecule has 3 aromatic carbocycles. The minimum Gasteiger partial charge on any atom is -0.480 e. The van der Waals surface area contributed by atoms with Crippen LogP contribution in [0.5, 0.6) is 0 Å². The number of fused-ring (bicyclic) bond motifs is 3. The highest BCUT2D eigenvalue weighted by molar-refractivity contribution is 6.07. The van der Waals surface area contributed by atoms with Crippen molar-refractivity contribution < 1.29 is 9.90 Å². The first-order valence-electron chi connectivity index (χ1n) is 6.54. The van der Waals surface area contributed by atoms with Crippen molar-refractivity contribution in [2.75, 3.05) is 0 Å². The molecule has 0 aliphatic heterocycles. The summed E-state index contributed by atoms with van der Waals surface area (Å²) in [4.78, 5) is 10.8. The number of benzene rings is 3. The maximum Gasteiger partial charge on any atom is 0.320 e. The fraction of sp³-hybridized carbons (Fsp3) is 0.118. The van der Waals surface area contributed by atoms with Crippen LogP contribution in [0.3, 0.4) is 0 Å². The van der Waals surface area contributed by atoms with Crippen LogP contribution >= 0.6 is 0 Å². The molecular weight excluding hydrogens is 250 g/mol. The van der Waals surface area contributed by atoms with Gasteiger partial charge in [-0.1, -0.05) is 54.6 Å². The van der Waals surface area contributed by atoms with E-state index in [0.717, 1.165) is 10.9 Å². The zero-order chi connectivity index (χ0) is 14.1. The number of aliphatic carboxylic acids is 1. The van der Waals surface area contributed by atoms with Crippen LogP contribution in [0.25, 0.3) is 21.5 Å². The molecule has 1 unspecified atom stereocenters. The summed E-state index contributed by atoms with van der Waals surface area (Å²) in [6, 6.07) is 17.5. The summed E-state index contributed by atoms with van der Waals surface area (Å²) in [7, 11) is 0. The molecule has 0 aliphatic rings. The monoisotopic (exact) mass is 265 g/mol. The van der Waals surface area contributed by atoms with E-state index in [1.165, 1.54) is 16.2 Å². The van der Waals surface area contributed by atoms with Crippen molar-refractivity contribution >= 4 is 27.5 Å². The van der Waals surface area contributed by atoms with E-state index in [9.17, 15) is 4.79 Å². The number of carbonyl (C=O) groups is 1. The Labute approximate surface area is 116 Å². The number of carboxylic acid groups (broad SMARTS) is 1. The maximum absolute atomic E-state index is 10.8. The molecule has 0 saturated heterocycles. The van der Waals surface area contributed by atoms with Crippen molar-refractivity contribution in [3.8, 4) is 0 Å². The average Bonchev–Trinajstić information content (AvgIpc) is 2.46. The van der Waals surface area contributed by atoms with E-state index in [-0.39, 0.29) is 0 Å². The first-order valence-corrected chi connectivity index (χ1v) is 6.54. The molecule has 3 nitrogen and oxygen atoms in total. The Balaban J connectivity index is 2.08. The van der Waals surface area contributed by atoms with E-state index in [2.05, 4.69) is 24.3 Å². The van der Waals surface area contributed by atoms with Gasteiger partial charge in [-0.15, -0.1) is 0 Å². The highest BCUT2D eigenvalue weighted by Crippen LogP contribution is 2.26. The van der Waals surface area contributed by atoms with Crippen molar-refractivity contribution in [3.63, 3.8) is 0 Å². The molecule has 0 amide bonds. The third kappa shape index (κ3) is 2.24. The highest BCUT2D eigenvalue weighted by atomic mass is 16.4. The lowest BCUT2D eigenvalue weighted by Gasteiger charge is -2.09. The van der Waals surface area contributed by atoms with Crippen molar-refractivity contribution in [1.82, 2.24) is 0 Å². The van der Waals surface area contributed by atoms with E-state index < -0.39 is 12.0 Å². The van der Waals surface area contributed by atoms with Crippen LogP contribution in [-0.2, 0) is 11.2 Å². The molecule has 0 fully saturated rings. The average molecular weight is 265 g/mol. The van der Waals surface area contributed by atoms with Crippen LogP contribution in [0.15, 0.2) is 54.6 Å². The summed E-state index contributed by atoms with van der Waals surface area (Å²) >= 11 is 0. The smallest absolute Gasteiger partial charge is 0.320 e. The Morgan fingerprint density at radius 3 is 2.50 bits per heavy atom. The largest absolute Gasteiger partial charge is 0.480 e. The van der Waals surface area contributed by atoms with E-state index in [1.807, 2.05) is 30.3 Å². The summed E-state index contributed by atoms with van der Waals surface area (Å²) < 4.78 is 0. The molecule has 1 atom stereocenters. The molecule has 3 N–H and O–H groups in total. The molecule has 0 aromatic heterocycles. The van der Waals surface area contributed by atoms with E-state index in [0.29, 0.717) is 6.42 Å². The second-order valence-corrected chi connectivity index (χ2v) is 4.99. The number of nitrogens with two attached hydrogens (primary N) is 1. The Morgan fingerprint density at radius 1 is 1.00 bits per heavy atom. The second-order valence-electron chi connectivity index (χ2n) is 4.99. The predicted molar refractivity (Wildman–Crippen MR) is 80.8 cm³/mol. The zero-order valence-corrected chi connectivity index (χ0v) is 10.9. The quantitative estimate of drug-likeness (QED) is 0.716. The van der Waals surface area contributed by atoms with Gasteiger partial charge in [-0.2, -0.15) is 0 Å². The lowest BCUT2D eigenvalue weighted by Crippen LogP contribution is -2.32. The van der Waals surface area contributed by atoms with Gasteiger partial charge in [0.05, 0.1) is 0 Å². The molecule has 0 spiro atoms. The minimum absolute atomic E-state index is 0.345. The van der Waals surface area contributed by atoms with Gasteiger partial charge in [0, 0.05) is 0 Å². The molecular formula is C17H15NO2. The topological polar surface area (TPSA) is 63.3 Å². The van der Waals surface area contributed by atoms with Crippen LogP contribution in [0.4, 0.5) is 0 Å². The van der Waals surface area contributed by atoms with Crippen molar-refractivity contribution in [3.05, 3.63) is 60.2 Å². The van der Waals surface area contributed by atoms with Gasteiger partial charge in [-0.3, -0.25) is 4.79 Å². The second kappa shape index (κ2) is 4.94. The van der Waals surface area contributed by atoms with Gasteiger partial charge < -0.3 is 10.8 Å². The lowest BCUT2D eigenvalue weighted by atomic mass is 9.98. The number of rotatable bonds is 3. The highest BCUT2D eigenvalue weighted by Gasteiger charge is 2.12. The van der Waals surface area contributed by atoms with Gasteiger partial charge in [-0.05, 0) is 33.5 Å². The van der Waals surface area contributed by atoms with Gasteiger partial charge in [-0.25, -0.2) is 0 Å². The Hall–Kier alpha value is -2.39. The predicted octanol–water partition coefficient (Wildman–Crippen LogP) is 2.95. The molecule has 0 aliphatic carbocycles. The van der Waals surface area contributed by atoms with Crippen LogP contribution in [0, 0.1) is 0 Å². The third-order valence-corrected chi connectivity index (χ3v) is 3.58. The van der Waals surface area contributed by atoms with Gasteiger partial charge in [0.1, 0.15) is 6.04 Å². The normalized spacial score (nSPS) is 12.7. The maximum atomic E-state index is 10.8. The van der Waals surface area contributed by atoms with Crippen molar-refractivity contribution in [1.29, 1.82) is 0 Å². The van der Waals surface area contributed by atoms with Crippen LogP contribution in [0.1, 0.15) is 5.56 Å². The summed E-state index contributed by atoms with van der Waals surface area (Å²) in [5, 5.41) is 13.6. The van der Waals surface area contributed by atoms with Gasteiger partial charge >= 0.3 is 5.97 Å². The molecule has 3 heteroatoms. The molecule has 0 heterocycles. The standard InChI is InChI=1S/C17H15NO2/c18-16(17(19)20)10-11-5-8-15-13(9-11)7-6-12-3-1-2-4-14(12)15/h1-9,16H,10,18H2,(H,19,20). The summed E-state index contributed by atoms with van der Waals surface area (Å²) in [6.07, 6.45) is 0.345. The van der Waals surface area contributed by atoms with Gasteiger partial charge in [0.25, 0.3) is 0 Å². The molecule has 3 rings (SSSR count). The molecule has 0 radical (unpaired) electrons. The van der Waals surface area contributed by atoms with E-state index in [1.54, 1.807) is 0 Å². The Kier molecular flexibility index (Phi) is 3.12.